The second-order valence-corrected chi connectivity index (χ2v) is 5.75. The summed E-state index contributed by atoms with van der Waals surface area (Å²) >= 11 is 0. The highest BCUT2D eigenvalue weighted by atomic mass is 16.4. The Bertz CT molecular complexity index is 783. The summed E-state index contributed by atoms with van der Waals surface area (Å²) in [5.74, 6) is -0.441. The van der Waals surface area contributed by atoms with Gasteiger partial charge in [-0.05, 0) is 49.4 Å². The van der Waals surface area contributed by atoms with Crippen molar-refractivity contribution in [1.82, 2.24) is 9.97 Å². The molecule has 0 radical (unpaired) electrons. The fourth-order valence-corrected chi connectivity index (χ4v) is 2.88. The fourth-order valence-electron chi connectivity index (χ4n) is 2.88. The van der Waals surface area contributed by atoms with Gasteiger partial charge in [-0.1, -0.05) is 0 Å². The van der Waals surface area contributed by atoms with E-state index in [9.17, 15) is 9.59 Å². The molecule has 0 spiro atoms. The van der Waals surface area contributed by atoms with Gasteiger partial charge in [-0.3, -0.25) is 9.78 Å². The number of nitrogens with zero attached hydrogens (tertiary/aromatic N) is 1. The number of anilines is 2. The molecule has 7 nitrogen and oxygen atoms in total. The van der Waals surface area contributed by atoms with E-state index >= 15 is 0 Å². The van der Waals surface area contributed by atoms with Crippen molar-refractivity contribution in [2.75, 3.05) is 17.6 Å². The van der Waals surface area contributed by atoms with Gasteiger partial charge in [0.2, 0.25) is 5.95 Å². The summed E-state index contributed by atoms with van der Waals surface area (Å²) in [7, 11) is 0. The molecule has 0 bridgehead atoms. The Morgan fingerprint density at radius 3 is 2.83 bits per heavy atom. The average Bonchev–Trinajstić information content (AvgIpc) is 2.53. The summed E-state index contributed by atoms with van der Waals surface area (Å²) < 4.78 is 0. The third-order valence-corrected chi connectivity index (χ3v) is 4.13. The molecule has 3 rings (SSSR count). The number of aryl methyl sites for hydroxylation is 1. The summed E-state index contributed by atoms with van der Waals surface area (Å²) in [5, 5.41) is 12.2. The first-order chi connectivity index (χ1) is 11.0. The Kier molecular flexibility index (Phi) is 4.01. The number of H-pyrrole nitrogens is 1. The second kappa shape index (κ2) is 6.12. The monoisotopic (exact) mass is 314 g/mol. The normalized spacial score (nSPS) is 16.6. The second-order valence-electron chi connectivity index (χ2n) is 5.75. The quantitative estimate of drug-likeness (QED) is 0.674. The Hall–Kier alpha value is -2.83. The minimum atomic E-state index is -0.938. The van der Waals surface area contributed by atoms with Crippen molar-refractivity contribution in [3.05, 3.63) is 51.4 Å². The number of hydrogen-bond donors (Lipinski definition) is 4. The van der Waals surface area contributed by atoms with Crippen LogP contribution < -0.4 is 16.6 Å². The van der Waals surface area contributed by atoms with Gasteiger partial charge in [0.05, 0.1) is 11.3 Å². The minimum Gasteiger partial charge on any atom is -0.478 e. The van der Waals surface area contributed by atoms with Gasteiger partial charge < -0.3 is 16.2 Å². The van der Waals surface area contributed by atoms with Gasteiger partial charge in [-0.15, -0.1) is 0 Å². The number of carboxylic acids is 1. The standard InChI is InChI=1S/C16H18N4O3/c17-16-19-13-6-1-9(7-12(13)14(21)20-16)8-18-11-4-2-10(3-5-11)15(22)23/h2-5,9,18H,1,6-8H2,(H,22,23)(H3,17,19,20,21). The van der Waals surface area contributed by atoms with E-state index in [1.165, 1.54) is 0 Å². The zero-order valence-corrected chi connectivity index (χ0v) is 12.5. The van der Waals surface area contributed by atoms with Gasteiger partial charge in [0, 0.05) is 17.8 Å². The van der Waals surface area contributed by atoms with E-state index in [4.69, 9.17) is 10.8 Å². The van der Waals surface area contributed by atoms with Gasteiger partial charge in [0.25, 0.3) is 5.56 Å². The van der Waals surface area contributed by atoms with E-state index in [1.54, 1.807) is 24.3 Å². The van der Waals surface area contributed by atoms with E-state index in [0.29, 0.717) is 12.3 Å². The van der Waals surface area contributed by atoms with Crippen LogP contribution in [0, 0.1) is 5.92 Å². The van der Waals surface area contributed by atoms with Crippen molar-refractivity contribution in [1.29, 1.82) is 0 Å². The maximum absolute atomic E-state index is 12.0. The number of hydrogen-bond acceptors (Lipinski definition) is 5. The number of aromatic nitrogens is 2. The summed E-state index contributed by atoms with van der Waals surface area (Å²) in [4.78, 5) is 29.5. The van der Waals surface area contributed by atoms with Crippen molar-refractivity contribution in [3.8, 4) is 0 Å². The molecule has 0 aliphatic heterocycles. The molecular formula is C16H18N4O3. The Morgan fingerprint density at radius 2 is 2.13 bits per heavy atom. The summed E-state index contributed by atoms with van der Waals surface area (Å²) in [6.45, 7) is 0.718. The smallest absolute Gasteiger partial charge is 0.335 e. The van der Waals surface area contributed by atoms with Crippen molar-refractivity contribution in [3.63, 3.8) is 0 Å². The van der Waals surface area contributed by atoms with Gasteiger partial charge in [0.15, 0.2) is 0 Å². The average molecular weight is 314 g/mol. The molecule has 0 fully saturated rings. The van der Waals surface area contributed by atoms with E-state index in [0.717, 1.165) is 36.3 Å². The molecule has 0 saturated heterocycles. The Labute approximate surface area is 132 Å². The molecule has 23 heavy (non-hydrogen) atoms. The van der Waals surface area contributed by atoms with Crippen LogP contribution in [-0.2, 0) is 12.8 Å². The van der Waals surface area contributed by atoms with Gasteiger partial charge in [-0.25, -0.2) is 9.78 Å². The number of nitrogen functional groups attached to an aromatic ring is 1. The number of fused-ring (bicyclic) bond motifs is 1. The Balaban J connectivity index is 1.64. The Morgan fingerprint density at radius 1 is 1.39 bits per heavy atom. The maximum Gasteiger partial charge on any atom is 0.335 e. The largest absolute Gasteiger partial charge is 0.478 e. The van der Waals surface area contributed by atoms with Crippen LogP contribution in [0.5, 0.6) is 0 Å². The molecular weight excluding hydrogens is 296 g/mol. The fraction of sp³-hybridized carbons (Fsp3) is 0.312. The molecule has 1 atom stereocenters. The van der Waals surface area contributed by atoms with Crippen LogP contribution >= 0.6 is 0 Å². The molecule has 1 unspecified atom stereocenters. The SMILES string of the molecule is Nc1nc2c(c(=O)[nH]1)CC(CNc1ccc(C(=O)O)cc1)CC2. The minimum absolute atomic E-state index is 0.150. The molecule has 1 aliphatic rings. The van der Waals surface area contributed by atoms with Crippen LogP contribution in [0.4, 0.5) is 11.6 Å². The third kappa shape index (κ3) is 3.33. The predicted molar refractivity (Wildman–Crippen MR) is 86.7 cm³/mol. The lowest BCUT2D eigenvalue weighted by atomic mass is 9.87. The lowest BCUT2D eigenvalue weighted by Gasteiger charge is -2.24. The lowest BCUT2D eigenvalue weighted by molar-refractivity contribution is 0.0697. The number of rotatable bonds is 4. The van der Waals surface area contributed by atoms with Crippen LogP contribution in [0.15, 0.2) is 29.1 Å². The van der Waals surface area contributed by atoms with E-state index in [-0.39, 0.29) is 17.1 Å². The number of nitrogens with two attached hydrogens (primary N) is 1. The zero-order chi connectivity index (χ0) is 16.4. The highest BCUT2D eigenvalue weighted by Crippen LogP contribution is 2.22. The molecule has 0 saturated carbocycles. The van der Waals surface area contributed by atoms with Crippen molar-refractivity contribution in [2.24, 2.45) is 5.92 Å². The van der Waals surface area contributed by atoms with E-state index in [1.807, 2.05) is 0 Å². The number of carbonyl (C=O) groups is 1. The van der Waals surface area contributed by atoms with Crippen LogP contribution in [0.2, 0.25) is 0 Å². The summed E-state index contributed by atoms with van der Waals surface area (Å²) in [6, 6.07) is 6.63. The third-order valence-electron chi connectivity index (χ3n) is 4.13. The molecule has 1 aliphatic carbocycles. The van der Waals surface area contributed by atoms with Crippen LogP contribution in [0.3, 0.4) is 0 Å². The number of carboxylic acid groups (broad SMARTS) is 1. The highest BCUT2D eigenvalue weighted by Gasteiger charge is 2.22. The van der Waals surface area contributed by atoms with Gasteiger partial charge in [-0.2, -0.15) is 0 Å². The number of aromatic amines is 1. The highest BCUT2D eigenvalue weighted by molar-refractivity contribution is 5.87. The number of nitrogens with one attached hydrogen (secondary N) is 2. The van der Waals surface area contributed by atoms with E-state index in [2.05, 4.69) is 15.3 Å². The molecule has 2 aromatic rings. The number of benzene rings is 1. The molecule has 5 N–H and O–H groups in total. The first-order valence-corrected chi connectivity index (χ1v) is 7.47. The predicted octanol–water partition coefficient (Wildman–Crippen LogP) is 1.27. The van der Waals surface area contributed by atoms with Crippen LogP contribution in [0.1, 0.15) is 28.0 Å². The maximum atomic E-state index is 12.0. The van der Waals surface area contributed by atoms with Crippen molar-refractivity contribution < 1.29 is 9.90 Å². The molecule has 1 aromatic heterocycles. The van der Waals surface area contributed by atoms with Crippen LogP contribution in [-0.4, -0.2) is 27.6 Å². The molecule has 7 heteroatoms. The number of aromatic carboxylic acids is 1. The van der Waals surface area contributed by atoms with Gasteiger partial charge >= 0.3 is 5.97 Å². The van der Waals surface area contributed by atoms with Crippen molar-refractivity contribution in [2.45, 2.75) is 19.3 Å². The first-order valence-electron chi connectivity index (χ1n) is 7.47. The van der Waals surface area contributed by atoms with Gasteiger partial charge in [0.1, 0.15) is 0 Å². The topological polar surface area (TPSA) is 121 Å². The first kappa shape index (κ1) is 15.1. The van der Waals surface area contributed by atoms with Crippen LogP contribution in [0.25, 0.3) is 0 Å². The lowest BCUT2D eigenvalue weighted by Crippen LogP contribution is -2.29. The summed E-state index contributed by atoms with van der Waals surface area (Å²) in [5.41, 5.74) is 8.06. The summed E-state index contributed by atoms with van der Waals surface area (Å²) in [6.07, 6.45) is 2.34. The van der Waals surface area contributed by atoms with Crippen molar-refractivity contribution >= 4 is 17.6 Å². The van der Waals surface area contributed by atoms with E-state index < -0.39 is 5.97 Å². The molecule has 1 aromatic carbocycles. The zero-order valence-electron chi connectivity index (χ0n) is 12.5. The molecule has 0 amide bonds. The molecule has 120 valence electrons. The molecule has 1 heterocycles.